The summed E-state index contributed by atoms with van der Waals surface area (Å²) in [6, 6.07) is 0. The van der Waals surface area contributed by atoms with E-state index in [1.54, 1.807) is 0 Å². The highest BCUT2D eigenvalue weighted by Gasteiger charge is 2.34. The van der Waals surface area contributed by atoms with Crippen molar-refractivity contribution in [1.29, 1.82) is 4.78 Å². The maximum absolute atomic E-state index is 12.1. The molecule has 1 atom stereocenters. The Hall–Kier alpha value is -0.130. The Labute approximate surface area is 79.0 Å². The van der Waals surface area contributed by atoms with Crippen LogP contribution >= 0.6 is 0 Å². The van der Waals surface area contributed by atoms with E-state index in [4.69, 9.17) is 9.52 Å². The molecule has 0 bridgehead atoms. The lowest BCUT2D eigenvalue weighted by molar-refractivity contribution is 0.0986. The normalized spacial score (nSPS) is 30.8. The van der Waals surface area contributed by atoms with Crippen LogP contribution in [0, 0.1) is 4.78 Å². The molecule has 76 valence electrons. The monoisotopic (exact) mass is 204 g/mol. The Bertz CT molecular complexity index is 266. The fraction of sp³-hybridized carbons (Fsp3) is 1.00. The first-order valence-corrected chi connectivity index (χ1v) is 6.44. The summed E-state index contributed by atoms with van der Waals surface area (Å²) in [5.41, 5.74) is 0. The summed E-state index contributed by atoms with van der Waals surface area (Å²) in [7, 11) is -2.37. The van der Waals surface area contributed by atoms with Crippen molar-refractivity contribution in [3.8, 4) is 0 Å². The molecule has 2 aliphatic heterocycles. The van der Waals surface area contributed by atoms with E-state index in [2.05, 4.69) is 5.32 Å². The lowest BCUT2D eigenvalue weighted by atomic mass is 10.2. The molecular weight excluding hydrogens is 188 g/mol. The number of hydrogen-bond donors (Lipinski definition) is 2. The number of ether oxygens (including phenoxy) is 1. The summed E-state index contributed by atoms with van der Waals surface area (Å²) in [6.07, 6.45) is 1.61. The molecule has 0 radical (unpaired) electrons. The zero-order valence-electron chi connectivity index (χ0n) is 7.62. The van der Waals surface area contributed by atoms with E-state index in [1.807, 2.05) is 0 Å². The molecule has 4 nitrogen and oxygen atoms in total. The lowest BCUT2D eigenvalue weighted by Gasteiger charge is -2.34. The van der Waals surface area contributed by atoms with E-state index in [-0.39, 0.29) is 10.5 Å². The van der Waals surface area contributed by atoms with Crippen LogP contribution in [-0.2, 0) is 14.5 Å². The van der Waals surface area contributed by atoms with Crippen molar-refractivity contribution in [1.82, 2.24) is 5.32 Å². The molecule has 1 unspecified atom stereocenters. The second-order valence-corrected chi connectivity index (χ2v) is 6.37. The van der Waals surface area contributed by atoms with Crippen LogP contribution in [0.15, 0.2) is 0 Å². The molecule has 0 spiro atoms. The minimum atomic E-state index is -2.37. The van der Waals surface area contributed by atoms with Crippen LogP contribution in [0.1, 0.15) is 12.8 Å². The minimum absolute atomic E-state index is 0.0772. The van der Waals surface area contributed by atoms with Gasteiger partial charge >= 0.3 is 0 Å². The van der Waals surface area contributed by atoms with Gasteiger partial charge in [-0.2, -0.15) is 0 Å². The summed E-state index contributed by atoms with van der Waals surface area (Å²) in [6.45, 7) is 2.89. The second kappa shape index (κ2) is 3.55. The number of nitrogens with one attached hydrogen (secondary N) is 2. The smallest absolute Gasteiger partial charge is 0.0679 e. The van der Waals surface area contributed by atoms with Crippen LogP contribution < -0.4 is 5.32 Å². The predicted molar refractivity (Wildman–Crippen MR) is 51.4 cm³/mol. The fourth-order valence-electron chi connectivity index (χ4n) is 1.81. The largest absolute Gasteiger partial charge is 0.381 e. The standard InChI is InChI=1S/C8H16N2O2S/c9-13(11,8-5-10-6-8)7-1-3-12-4-2-7/h7-10H,1-6H2. The Kier molecular flexibility index (Phi) is 2.58. The van der Waals surface area contributed by atoms with Gasteiger partial charge in [0.1, 0.15) is 0 Å². The van der Waals surface area contributed by atoms with Crippen LogP contribution in [-0.4, -0.2) is 41.0 Å². The first-order chi connectivity index (χ1) is 6.21. The van der Waals surface area contributed by atoms with Crippen molar-refractivity contribution in [2.24, 2.45) is 0 Å². The van der Waals surface area contributed by atoms with Crippen molar-refractivity contribution >= 4 is 9.73 Å². The molecule has 2 heterocycles. The molecule has 2 rings (SSSR count). The molecule has 0 aliphatic carbocycles. The molecule has 5 heteroatoms. The van der Waals surface area contributed by atoms with Crippen LogP contribution in [0.25, 0.3) is 0 Å². The summed E-state index contributed by atoms with van der Waals surface area (Å²) in [4.78, 5) is 0. The van der Waals surface area contributed by atoms with Gasteiger partial charge in [0.25, 0.3) is 0 Å². The SMILES string of the molecule is N=S(=O)(C1CCOCC1)C1CNC1. The first kappa shape index (κ1) is 9.43. The molecule has 0 saturated carbocycles. The average molecular weight is 204 g/mol. The van der Waals surface area contributed by atoms with Crippen LogP contribution in [0.4, 0.5) is 0 Å². The summed E-state index contributed by atoms with van der Waals surface area (Å²) in [5.74, 6) is 0. The van der Waals surface area contributed by atoms with Gasteiger partial charge in [-0.3, -0.25) is 4.78 Å². The van der Waals surface area contributed by atoms with Gasteiger partial charge in [-0.15, -0.1) is 0 Å². The van der Waals surface area contributed by atoms with Gasteiger partial charge in [-0.05, 0) is 12.8 Å². The Morgan fingerprint density at radius 3 is 2.31 bits per heavy atom. The van der Waals surface area contributed by atoms with Crippen LogP contribution in [0.5, 0.6) is 0 Å². The third kappa shape index (κ3) is 1.73. The van der Waals surface area contributed by atoms with Gasteiger partial charge in [-0.1, -0.05) is 0 Å². The van der Waals surface area contributed by atoms with E-state index in [0.717, 1.165) is 25.9 Å². The molecule has 0 aromatic carbocycles. The van der Waals surface area contributed by atoms with Crippen molar-refractivity contribution in [3.63, 3.8) is 0 Å². The third-order valence-electron chi connectivity index (χ3n) is 2.90. The topological polar surface area (TPSA) is 62.2 Å². The molecule has 0 amide bonds. The van der Waals surface area contributed by atoms with Crippen LogP contribution in [0.3, 0.4) is 0 Å². The maximum atomic E-state index is 12.1. The number of hydrogen-bond acceptors (Lipinski definition) is 4. The molecule has 2 fully saturated rings. The molecule has 0 aromatic rings. The highest BCUT2D eigenvalue weighted by Crippen LogP contribution is 2.22. The van der Waals surface area contributed by atoms with E-state index in [1.165, 1.54) is 0 Å². The van der Waals surface area contributed by atoms with E-state index in [9.17, 15) is 4.21 Å². The molecule has 2 aliphatic rings. The van der Waals surface area contributed by atoms with Gasteiger partial charge in [0.2, 0.25) is 0 Å². The lowest BCUT2D eigenvalue weighted by Crippen LogP contribution is -2.54. The Morgan fingerprint density at radius 2 is 1.85 bits per heavy atom. The zero-order valence-corrected chi connectivity index (χ0v) is 8.44. The predicted octanol–water partition coefficient (Wildman–Crippen LogP) is 0.184. The second-order valence-electron chi connectivity index (χ2n) is 3.74. The quantitative estimate of drug-likeness (QED) is 0.674. The van der Waals surface area contributed by atoms with Crippen LogP contribution in [0.2, 0.25) is 0 Å². The van der Waals surface area contributed by atoms with Crippen molar-refractivity contribution < 1.29 is 8.95 Å². The molecule has 2 N–H and O–H groups in total. The molecule has 0 aromatic heterocycles. The third-order valence-corrected chi connectivity index (χ3v) is 5.69. The van der Waals surface area contributed by atoms with Gasteiger partial charge in [0.05, 0.1) is 15.0 Å². The highest BCUT2D eigenvalue weighted by molar-refractivity contribution is 7.93. The Morgan fingerprint density at radius 1 is 1.23 bits per heavy atom. The van der Waals surface area contributed by atoms with Gasteiger partial charge in [-0.25, -0.2) is 4.21 Å². The van der Waals surface area contributed by atoms with Crippen molar-refractivity contribution in [2.75, 3.05) is 26.3 Å². The maximum Gasteiger partial charge on any atom is 0.0679 e. The van der Waals surface area contributed by atoms with Crippen molar-refractivity contribution in [3.05, 3.63) is 0 Å². The van der Waals surface area contributed by atoms with E-state index >= 15 is 0 Å². The van der Waals surface area contributed by atoms with Crippen molar-refractivity contribution in [2.45, 2.75) is 23.3 Å². The van der Waals surface area contributed by atoms with E-state index < -0.39 is 9.73 Å². The fourth-order valence-corrected chi connectivity index (χ4v) is 3.98. The van der Waals surface area contributed by atoms with Gasteiger partial charge in [0.15, 0.2) is 0 Å². The summed E-state index contributed by atoms with van der Waals surface area (Å²) in [5, 5.41) is 3.25. The number of rotatable bonds is 2. The minimum Gasteiger partial charge on any atom is -0.381 e. The van der Waals surface area contributed by atoms with E-state index in [0.29, 0.717) is 13.2 Å². The average Bonchev–Trinajstić information content (AvgIpc) is 2.02. The highest BCUT2D eigenvalue weighted by atomic mass is 32.2. The molecule has 2 saturated heterocycles. The molecular formula is C8H16N2O2S. The van der Waals surface area contributed by atoms with Gasteiger partial charge in [0, 0.05) is 31.6 Å². The molecule has 13 heavy (non-hydrogen) atoms. The summed E-state index contributed by atoms with van der Waals surface area (Å²) >= 11 is 0. The first-order valence-electron chi connectivity index (χ1n) is 4.76. The van der Waals surface area contributed by atoms with Gasteiger partial charge < -0.3 is 10.1 Å². The summed E-state index contributed by atoms with van der Waals surface area (Å²) < 4.78 is 25.2. The zero-order chi connectivity index (χ0) is 9.31. The Balaban J connectivity index is 2.03.